The Morgan fingerprint density at radius 2 is 1.64 bits per heavy atom. The zero-order valence-corrected chi connectivity index (χ0v) is 8.28. The summed E-state index contributed by atoms with van der Waals surface area (Å²) in [6, 6.07) is 0. The van der Waals surface area contributed by atoms with Crippen molar-refractivity contribution in [1.29, 1.82) is 0 Å². The predicted molar refractivity (Wildman–Crippen MR) is 48.5 cm³/mol. The summed E-state index contributed by atoms with van der Waals surface area (Å²) < 4.78 is 13.8. The zero-order chi connectivity index (χ0) is 8.91. The molecule has 0 heterocycles. The summed E-state index contributed by atoms with van der Waals surface area (Å²) >= 11 is 0. The van der Waals surface area contributed by atoms with E-state index in [1.807, 2.05) is 6.92 Å². The van der Waals surface area contributed by atoms with Gasteiger partial charge in [0.1, 0.15) is 5.67 Å². The van der Waals surface area contributed by atoms with Crippen LogP contribution < -0.4 is 0 Å². The maximum absolute atomic E-state index is 13.8. The number of halogens is 1. The van der Waals surface area contributed by atoms with Crippen molar-refractivity contribution in [3.05, 3.63) is 0 Å². The van der Waals surface area contributed by atoms with Crippen LogP contribution in [0.1, 0.15) is 53.4 Å². The summed E-state index contributed by atoms with van der Waals surface area (Å²) in [6.07, 6.45) is 3.58. The quantitative estimate of drug-likeness (QED) is 0.571. The van der Waals surface area contributed by atoms with Gasteiger partial charge >= 0.3 is 0 Å². The Balaban J connectivity index is 4.00. The van der Waals surface area contributed by atoms with E-state index in [1.165, 1.54) is 0 Å². The van der Waals surface area contributed by atoms with Crippen LogP contribution in [0.5, 0.6) is 0 Å². The van der Waals surface area contributed by atoms with Crippen molar-refractivity contribution in [2.45, 2.75) is 59.0 Å². The molecule has 0 aromatic heterocycles. The first kappa shape index (κ1) is 10.9. The van der Waals surface area contributed by atoms with E-state index in [0.717, 1.165) is 19.3 Å². The fraction of sp³-hybridized carbons (Fsp3) is 1.00. The average molecular weight is 160 g/mol. The molecule has 0 aliphatic carbocycles. The maximum Gasteiger partial charge on any atom is 0.111 e. The highest BCUT2D eigenvalue weighted by atomic mass is 19.1. The van der Waals surface area contributed by atoms with E-state index in [4.69, 9.17) is 0 Å². The van der Waals surface area contributed by atoms with E-state index in [-0.39, 0.29) is 5.92 Å². The van der Waals surface area contributed by atoms with Gasteiger partial charge in [-0.2, -0.15) is 0 Å². The molecule has 0 N–H and O–H groups in total. The second kappa shape index (κ2) is 4.74. The SMILES string of the molecule is CCCC(C)(F)C(CC)CC. The Kier molecular flexibility index (Phi) is 4.71. The van der Waals surface area contributed by atoms with Gasteiger partial charge in [-0.25, -0.2) is 4.39 Å². The van der Waals surface area contributed by atoms with Gasteiger partial charge in [0.2, 0.25) is 0 Å². The number of rotatable bonds is 5. The highest BCUT2D eigenvalue weighted by Gasteiger charge is 2.30. The van der Waals surface area contributed by atoms with Crippen molar-refractivity contribution in [2.24, 2.45) is 5.92 Å². The number of hydrogen-bond donors (Lipinski definition) is 0. The van der Waals surface area contributed by atoms with E-state index < -0.39 is 5.67 Å². The second-order valence-corrected chi connectivity index (χ2v) is 3.54. The predicted octanol–water partition coefficient (Wildman–Crippen LogP) is 3.95. The first-order valence-electron chi connectivity index (χ1n) is 4.77. The summed E-state index contributed by atoms with van der Waals surface area (Å²) in [5.41, 5.74) is -0.932. The lowest BCUT2D eigenvalue weighted by molar-refractivity contribution is 0.0844. The molecule has 0 aliphatic heterocycles. The van der Waals surface area contributed by atoms with Crippen molar-refractivity contribution in [1.82, 2.24) is 0 Å². The molecule has 0 bridgehead atoms. The lowest BCUT2D eigenvalue weighted by Crippen LogP contribution is -2.28. The summed E-state index contributed by atoms with van der Waals surface area (Å²) in [6.45, 7) is 7.93. The highest BCUT2D eigenvalue weighted by molar-refractivity contribution is 4.80. The van der Waals surface area contributed by atoms with Crippen LogP contribution in [0.4, 0.5) is 4.39 Å². The van der Waals surface area contributed by atoms with Crippen LogP contribution in [0.3, 0.4) is 0 Å². The molecule has 1 atom stereocenters. The average Bonchev–Trinajstić information content (AvgIpc) is 1.89. The van der Waals surface area contributed by atoms with Crippen LogP contribution in [0.15, 0.2) is 0 Å². The topological polar surface area (TPSA) is 0 Å². The number of alkyl halides is 1. The van der Waals surface area contributed by atoms with Gasteiger partial charge in [0.05, 0.1) is 0 Å². The second-order valence-electron chi connectivity index (χ2n) is 3.54. The molecule has 0 fully saturated rings. The van der Waals surface area contributed by atoms with Crippen molar-refractivity contribution >= 4 is 0 Å². The fourth-order valence-corrected chi connectivity index (χ4v) is 1.83. The Bertz CT molecular complexity index is 93.0. The van der Waals surface area contributed by atoms with Crippen molar-refractivity contribution in [3.8, 4) is 0 Å². The van der Waals surface area contributed by atoms with Crippen LogP contribution in [-0.2, 0) is 0 Å². The Labute approximate surface area is 70.2 Å². The van der Waals surface area contributed by atoms with Crippen LogP contribution in [-0.4, -0.2) is 5.67 Å². The van der Waals surface area contributed by atoms with Gasteiger partial charge in [0, 0.05) is 0 Å². The molecule has 0 aromatic carbocycles. The molecule has 0 saturated heterocycles. The molecule has 1 unspecified atom stereocenters. The summed E-state index contributed by atoms with van der Waals surface area (Å²) in [4.78, 5) is 0. The third-order valence-electron chi connectivity index (χ3n) is 2.58. The fourth-order valence-electron chi connectivity index (χ4n) is 1.83. The van der Waals surface area contributed by atoms with Gasteiger partial charge in [-0.05, 0) is 19.3 Å². The lowest BCUT2D eigenvalue weighted by atomic mass is 9.83. The molecule has 1 heteroatoms. The molecular weight excluding hydrogens is 139 g/mol. The van der Waals surface area contributed by atoms with E-state index in [0.29, 0.717) is 6.42 Å². The molecule has 0 aliphatic rings. The minimum Gasteiger partial charge on any atom is -0.244 e. The summed E-state index contributed by atoms with van der Waals surface area (Å²) in [5, 5.41) is 0. The van der Waals surface area contributed by atoms with E-state index in [2.05, 4.69) is 13.8 Å². The van der Waals surface area contributed by atoms with Gasteiger partial charge in [0.25, 0.3) is 0 Å². The maximum atomic E-state index is 13.8. The molecule has 0 radical (unpaired) electrons. The van der Waals surface area contributed by atoms with Crippen LogP contribution >= 0.6 is 0 Å². The largest absolute Gasteiger partial charge is 0.244 e. The van der Waals surface area contributed by atoms with Gasteiger partial charge in [0.15, 0.2) is 0 Å². The normalized spacial score (nSPS) is 16.9. The smallest absolute Gasteiger partial charge is 0.111 e. The summed E-state index contributed by atoms with van der Waals surface area (Å²) in [5.74, 6) is 0.252. The van der Waals surface area contributed by atoms with Gasteiger partial charge in [-0.3, -0.25) is 0 Å². The Morgan fingerprint density at radius 3 is 1.91 bits per heavy atom. The molecule has 11 heavy (non-hydrogen) atoms. The monoisotopic (exact) mass is 160 g/mol. The van der Waals surface area contributed by atoms with Gasteiger partial charge in [-0.1, -0.05) is 40.0 Å². The van der Waals surface area contributed by atoms with Gasteiger partial charge in [-0.15, -0.1) is 0 Å². The Morgan fingerprint density at radius 1 is 1.18 bits per heavy atom. The number of hydrogen-bond acceptors (Lipinski definition) is 0. The van der Waals surface area contributed by atoms with E-state index in [1.54, 1.807) is 6.92 Å². The lowest BCUT2D eigenvalue weighted by Gasteiger charge is -2.28. The third-order valence-corrected chi connectivity index (χ3v) is 2.58. The molecule has 0 saturated carbocycles. The third kappa shape index (κ3) is 3.22. The van der Waals surface area contributed by atoms with E-state index >= 15 is 0 Å². The minimum absolute atomic E-state index is 0.252. The van der Waals surface area contributed by atoms with Crippen LogP contribution in [0.25, 0.3) is 0 Å². The summed E-state index contributed by atoms with van der Waals surface area (Å²) in [7, 11) is 0. The van der Waals surface area contributed by atoms with Gasteiger partial charge < -0.3 is 0 Å². The molecule has 0 spiro atoms. The first-order valence-corrected chi connectivity index (χ1v) is 4.77. The van der Waals surface area contributed by atoms with Crippen LogP contribution in [0, 0.1) is 5.92 Å². The highest BCUT2D eigenvalue weighted by Crippen LogP contribution is 2.31. The minimum atomic E-state index is -0.932. The van der Waals surface area contributed by atoms with E-state index in [9.17, 15) is 4.39 Å². The molecule has 68 valence electrons. The molecule has 0 rings (SSSR count). The van der Waals surface area contributed by atoms with Crippen LogP contribution in [0.2, 0.25) is 0 Å². The Hall–Kier alpha value is -0.0700. The zero-order valence-electron chi connectivity index (χ0n) is 8.28. The van der Waals surface area contributed by atoms with Crippen molar-refractivity contribution < 1.29 is 4.39 Å². The van der Waals surface area contributed by atoms with Crippen molar-refractivity contribution in [3.63, 3.8) is 0 Å². The molecular formula is C10H21F. The van der Waals surface area contributed by atoms with Crippen molar-refractivity contribution in [2.75, 3.05) is 0 Å². The molecule has 0 aromatic rings. The molecule has 0 nitrogen and oxygen atoms in total. The standard InChI is InChI=1S/C10H21F/c1-5-8-10(4,11)9(6-2)7-3/h9H,5-8H2,1-4H3. The molecule has 0 amide bonds. The first-order chi connectivity index (χ1) is 5.08.